The maximum Gasteiger partial charge on any atom is 0.120 e. The third-order valence-electron chi connectivity index (χ3n) is 8.82. The van der Waals surface area contributed by atoms with Crippen molar-refractivity contribution in [1.29, 1.82) is 0 Å². The van der Waals surface area contributed by atoms with Crippen LogP contribution in [0.1, 0.15) is 73.6 Å². The molecule has 0 spiro atoms. The van der Waals surface area contributed by atoms with E-state index < -0.39 is 0 Å². The first-order chi connectivity index (χ1) is 20.1. The Morgan fingerprint density at radius 3 is 2.27 bits per heavy atom. The van der Waals surface area contributed by atoms with Crippen LogP contribution in [0.3, 0.4) is 0 Å². The molecule has 0 bridgehead atoms. The first-order valence-corrected chi connectivity index (χ1v) is 15.7. The van der Waals surface area contributed by atoms with Gasteiger partial charge in [-0.05, 0) is 123 Å². The summed E-state index contributed by atoms with van der Waals surface area (Å²) in [5.41, 5.74) is 6.75. The molecule has 0 saturated carbocycles. The highest BCUT2D eigenvalue weighted by Gasteiger charge is 2.22. The summed E-state index contributed by atoms with van der Waals surface area (Å²) in [6, 6.07) is 22.1. The number of aryl methyl sites for hydroxylation is 1. The number of ether oxygens (including phenoxy) is 3. The van der Waals surface area contributed by atoms with Crippen molar-refractivity contribution in [3.05, 3.63) is 82.9 Å². The van der Waals surface area contributed by atoms with Gasteiger partial charge in [0.15, 0.2) is 0 Å². The van der Waals surface area contributed by atoms with Crippen molar-refractivity contribution in [2.75, 3.05) is 45.8 Å². The lowest BCUT2D eigenvalue weighted by molar-refractivity contribution is 0.214. The van der Waals surface area contributed by atoms with E-state index in [1.54, 1.807) is 14.2 Å². The molecule has 2 unspecified atom stereocenters. The van der Waals surface area contributed by atoms with E-state index in [0.29, 0.717) is 5.92 Å². The molecule has 1 N–H and O–H groups in total. The highest BCUT2D eigenvalue weighted by molar-refractivity contribution is 5.58. The van der Waals surface area contributed by atoms with Gasteiger partial charge >= 0.3 is 0 Å². The second-order valence-electron chi connectivity index (χ2n) is 11.9. The highest BCUT2D eigenvalue weighted by atomic mass is 16.5. The molecule has 5 rings (SSSR count). The van der Waals surface area contributed by atoms with Crippen molar-refractivity contribution in [1.82, 2.24) is 4.90 Å². The van der Waals surface area contributed by atoms with Gasteiger partial charge in [0.1, 0.15) is 23.9 Å². The van der Waals surface area contributed by atoms with Gasteiger partial charge in [-0.25, -0.2) is 0 Å². The third kappa shape index (κ3) is 8.19. The lowest BCUT2D eigenvalue weighted by Gasteiger charge is -2.24. The first kappa shape index (κ1) is 29.3. The predicted octanol–water partition coefficient (Wildman–Crippen LogP) is 7.66. The number of rotatable bonds is 11. The van der Waals surface area contributed by atoms with Crippen LogP contribution < -0.4 is 19.5 Å². The molecule has 0 aromatic heterocycles. The first-order valence-electron chi connectivity index (χ1n) is 15.7. The van der Waals surface area contributed by atoms with E-state index in [0.717, 1.165) is 49.7 Å². The molecule has 1 saturated heterocycles. The maximum atomic E-state index is 6.08. The monoisotopic (exact) mass is 556 g/mol. The van der Waals surface area contributed by atoms with Crippen LogP contribution >= 0.6 is 0 Å². The summed E-state index contributed by atoms with van der Waals surface area (Å²) in [4.78, 5) is 2.55. The summed E-state index contributed by atoms with van der Waals surface area (Å²) < 4.78 is 17.2. The molecule has 5 nitrogen and oxygen atoms in total. The molecular formula is C36H48N2O3. The van der Waals surface area contributed by atoms with Gasteiger partial charge in [-0.1, -0.05) is 37.1 Å². The van der Waals surface area contributed by atoms with Crippen LogP contribution in [0.2, 0.25) is 0 Å². The number of likely N-dealkylation sites (tertiary alicyclic amines) is 1. The van der Waals surface area contributed by atoms with E-state index in [-0.39, 0.29) is 6.04 Å². The number of hydrogen-bond acceptors (Lipinski definition) is 5. The van der Waals surface area contributed by atoms with E-state index in [1.165, 1.54) is 79.6 Å². The van der Waals surface area contributed by atoms with E-state index >= 15 is 0 Å². The molecule has 1 aliphatic heterocycles. The second-order valence-corrected chi connectivity index (χ2v) is 11.9. The van der Waals surface area contributed by atoms with Crippen molar-refractivity contribution in [3.8, 4) is 17.2 Å². The molecule has 1 heterocycles. The normalized spacial score (nSPS) is 18.5. The fourth-order valence-electron chi connectivity index (χ4n) is 6.52. The Morgan fingerprint density at radius 1 is 0.805 bits per heavy atom. The van der Waals surface area contributed by atoms with Crippen molar-refractivity contribution in [3.63, 3.8) is 0 Å². The second kappa shape index (κ2) is 14.6. The minimum atomic E-state index is 0.276. The highest BCUT2D eigenvalue weighted by Crippen LogP contribution is 2.38. The van der Waals surface area contributed by atoms with Crippen LogP contribution in [0.4, 0.5) is 5.69 Å². The zero-order chi connectivity index (χ0) is 28.4. The van der Waals surface area contributed by atoms with Crippen LogP contribution in [-0.4, -0.2) is 51.4 Å². The van der Waals surface area contributed by atoms with Gasteiger partial charge in [0.25, 0.3) is 0 Å². The molecule has 220 valence electrons. The third-order valence-corrected chi connectivity index (χ3v) is 8.82. The van der Waals surface area contributed by atoms with E-state index in [4.69, 9.17) is 14.2 Å². The smallest absolute Gasteiger partial charge is 0.120 e. The molecule has 0 radical (unpaired) electrons. The number of nitrogens with zero attached hydrogens (tertiary/aromatic N) is 1. The summed E-state index contributed by atoms with van der Waals surface area (Å²) in [5.74, 6) is 3.28. The number of hydrogen-bond donors (Lipinski definition) is 1. The molecule has 41 heavy (non-hydrogen) atoms. The molecule has 2 aliphatic rings. The number of methoxy groups -OCH3 is 2. The van der Waals surface area contributed by atoms with Crippen LogP contribution in [-0.2, 0) is 19.3 Å². The zero-order valence-corrected chi connectivity index (χ0v) is 25.3. The largest absolute Gasteiger partial charge is 0.497 e. The van der Waals surface area contributed by atoms with Gasteiger partial charge in [0, 0.05) is 24.3 Å². The summed E-state index contributed by atoms with van der Waals surface area (Å²) >= 11 is 0. The molecule has 3 aromatic carbocycles. The average Bonchev–Trinajstić information content (AvgIpc) is 3.38. The Kier molecular flexibility index (Phi) is 10.5. The topological polar surface area (TPSA) is 43.0 Å². The van der Waals surface area contributed by atoms with Crippen LogP contribution in [0.25, 0.3) is 0 Å². The molecule has 2 atom stereocenters. The molecule has 3 aromatic rings. The van der Waals surface area contributed by atoms with Crippen LogP contribution in [0, 0.1) is 0 Å². The van der Waals surface area contributed by atoms with Gasteiger partial charge in [0.2, 0.25) is 0 Å². The Balaban J connectivity index is 1.20. The van der Waals surface area contributed by atoms with Crippen molar-refractivity contribution < 1.29 is 14.2 Å². The molecule has 1 aliphatic carbocycles. The van der Waals surface area contributed by atoms with Gasteiger partial charge in [0.05, 0.1) is 14.2 Å². The van der Waals surface area contributed by atoms with Crippen LogP contribution in [0.15, 0.2) is 60.7 Å². The van der Waals surface area contributed by atoms with E-state index in [2.05, 4.69) is 77.8 Å². The maximum absolute atomic E-state index is 6.08. The van der Waals surface area contributed by atoms with Gasteiger partial charge in [-0.15, -0.1) is 0 Å². The fourth-order valence-corrected chi connectivity index (χ4v) is 6.52. The molecule has 1 fully saturated rings. The fraction of sp³-hybridized carbons (Fsp3) is 0.500. The van der Waals surface area contributed by atoms with E-state index in [1.807, 2.05) is 0 Å². The Hall–Kier alpha value is -3.18. The van der Waals surface area contributed by atoms with Crippen molar-refractivity contribution >= 4 is 5.69 Å². The number of anilines is 1. The summed E-state index contributed by atoms with van der Waals surface area (Å²) in [5, 5.41) is 3.85. The minimum Gasteiger partial charge on any atom is -0.497 e. The van der Waals surface area contributed by atoms with Gasteiger partial charge in [-0.3, -0.25) is 4.90 Å². The standard InChI is InChI=1S/C36H48N2O3/c1-27(23-28-11-14-32(15-12-28)41-22-21-38-19-6-4-5-7-20-38)37-36-26-34(40-3)17-18-35(36)31-10-8-9-29-25-33(39-2)16-13-30(29)24-31/h11-18,25-27,31,37H,4-10,19-24H2,1-3H3. The molecule has 5 heteroatoms. The molecular weight excluding hydrogens is 508 g/mol. The van der Waals surface area contributed by atoms with E-state index in [9.17, 15) is 0 Å². The summed E-state index contributed by atoms with van der Waals surface area (Å²) in [7, 11) is 3.49. The van der Waals surface area contributed by atoms with Gasteiger partial charge < -0.3 is 19.5 Å². The number of fused-ring (bicyclic) bond motifs is 1. The quantitative estimate of drug-likeness (QED) is 0.246. The summed E-state index contributed by atoms with van der Waals surface area (Å²) in [6.07, 6.45) is 10.8. The van der Waals surface area contributed by atoms with Crippen LogP contribution in [0.5, 0.6) is 17.2 Å². The number of nitrogens with one attached hydrogen (secondary N) is 1. The SMILES string of the molecule is COc1ccc2c(c1)CCCC(c1ccc(OC)cc1NC(C)Cc1ccc(OCCN3CCCCCC3)cc1)C2. The molecule has 0 amide bonds. The van der Waals surface area contributed by atoms with Crippen molar-refractivity contribution in [2.24, 2.45) is 0 Å². The van der Waals surface area contributed by atoms with Gasteiger partial charge in [-0.2, -0.15) is 0 Å². The Labute approximate surface area is 247 Å². The summed E-state index contributed by atoms with van der Waals surface area (Å²) in [6.45, 7) is 6.47. The lowest BCUT2D eigenvalue weighted by Crippen LogP contribution is -2.29. The number of benzene rings is 3. The lowest BCUT2D eigenvalue weighted by atomic mass is 9.88. The Bertz CT molecular complexity index is 1230. The minimum absolute atomic E-state index is 0.276. The predicted molar refractivity (Wildman–Crippen MR) is 169 cm³/mol. The Morgan fingerprint density at radius 2 is 1.51 bits per heavy atom. The van der Waals surface area contributed by atoms with Crippen molar-refractivity contribution in [2.45, 2.75) is 76.7 Å². The zero-order valence-electron chi connectivity index (χ0n) is 25.3. The average molecular weight is 557 g/mol.